The second-order valence-corrected chi connectivity index (χ2v) is 10.2. The summed E-state index contributed by atoms with van der Waals surface area (Å²) in [5.74, 6) is 1.11. The highest BCUT2D eigenvalue weighted by Crippen LogP contribution is 2.34. The number of amides is 1. The van der Waals surface area contributed by atoms with Gasteiger partial charge in [-0.15, -0.1) is 10.2 Å². The van der Waals surface area contributed by atoms with Crippen LogP contribution in [0.5, 0.6) is 0 Å². The van der Waals surface area contributed by atoms with Gasteiger partial charge in [0.15, 0.2) is 11.0 Å². The largest absolute Gasteiger partial charge is 0.379 e. The van der Waals surface area contributed by atoms with Crippen LogP contribution in [0.3, 0.4) is 0 Å². The van der Waals surface area contributed by atoms with Gasteiger partial charge in [-0.05, 0) is 25.0 Å². The molecule has 3 aromatic rings. The van der Waals surface area contributed by atoms with Crippen LogP contribution in [0.15, 0.2) is 65.8 Å². The third-order valence-electron chi connectivity index (χ3n) is 7.09. The number of carbonyl (C=O) groups excluding carboxylic acids is 1. The van der Waals surface area contributed by atoms with Crippen LogP contribution in [0.4, 0.5) is 0 Å². The molecule has 1 N–H and O–H groups in total. The van der Waals surface area contributed by atoms with E-state index in [0.717, 1.165) is 56.2 Å². The maximum Gasteiger partial charge on any atom is 0.230 e. The topological polar surface area (TPSA) is 72.3 Å². The van der Waals surface area contributed by atoms with Crippen molar-refractivity contribution in [1.82, 2.24) is 25.0 Å². The Labute approximate surface area is 211 Å². The second-order valence-electron chi connectivity index (χ2n) is 9.29. The average Bonchev–Trinajstić information content (AvgIpc) is 3.37. The van der Waals surface area contributed by atoms with Crippen LogP contribution >= 0.6 is 11.8 Å². The fraction of sp³-hybridized carbons (Fsp3) is 0.444. The molecule has 1 saturated heterocycles. The highest BCUT2D eigenvalue weighted by atomic mass is 32.2. The Morgan fingerprint density at radius 2 is 1.63 bits per heavy atom. The summed E-state index contributed by atoms with van der Waals surface area (Å²) in [7, 11) is 0. The van der Waals surface area contributed by atoms with Crippen molar-refractivity contribution in [3.05, 3.63) is 60.7 Å². The zero-order chi connectivity index (χ0) is 23.9. The molecule has 2 aliphatic rings. The number of nitrogens with zero attached hydrogens (tertiary/aromatic N) is 4. The minimum absolute atomic E-state index is 0.0390. The van der Waals surface area contributed by atoms with Crippen LogP contribution in [0, 0.1) is 0 Å². The highest BCUT2D eigenvalue weighted by molar-refractivity contribution is 7.99. The van der Waals surface area contributed by atoms with Gasteiger partial charge >= 0.3 is 0 Å². The number of para-hydroxylation sites is 1. The second kappa shape index (κ2) is 11.4. The Kier molecular flexibility index (Phi) is 7.81. The summed E-state index contributed by atoms with van der Waals surface area (Å²) < 4.78 is 7.61. The summed E-state index contributed by atoms with van der Waals surface area (Å²) in [6.07, 6.45) is 6.02. The van der Waals surface area contributed by atoms with Crippen LogP contribution in [-0.4, -0.2) is 69.7 Å². The van der Waals surface area contributed by atoms with Crippen LogP contribution < -0.4 is 5.32 Å². The minimum Gasteiger partial charge on any atom is -0.379 e. The molecule has 1 aromatic heterocycles. The number of ether oxygens (including phenoxy) is 1. The van der Waals surface area contributed by atoms with Crippen molar-refractivity contribution in [2.45, 2.75) is 42.8 Å². The van der Waals surface area contributed by atoms with Gasteiger partial charge in [0.05, 0.1) is 19.0 Å². The first kappa shape index (κ1) is 24.0. The summed E-state index contributed by atoms with van der Waals surface area (Å²) in [4.78, 5) is 15.5. The number of carbonyl (C=O) groups is 1. The highest BCUT2D eigenvalue weighted by Gasteiger charge is 2.38. The van der Waals surface area contributed by atoms with Crippen molar-refractivity contribution >= 4 is 17.7 Å². The van der Waals surface area contributed by atoms with E-state index in [1.807, 2.05) is 65.2 Å². The van der Waals surface area contributed by atoms with Crippen molar-refractivity contribution in [2.75, 3.05) is 38.6 Å². The molecule has 0 atom stereocenters. The van der Waals surface area contributed by atoms with Crippen LogP contribution in [-0.2, 0) is 9.53 Å². The van der Waals surface area contributed by atoms with Gasteiger partial charge < -0.3 is 10.1 Å². The van der Waals surface area contributed by atoms with Gasteiger partial charge in [0.25, 0.3) is 0 Å². The molecule has 5 rings (SSSR count). The van der Waals surface area contributed by atoms with Gasteiger partial charge in [0.1, 0.15) is 0 Å². The van der Waals surface area contributed by atoms with E-state index in [1.54, 1.807) is 0 Å². The standard InChI is InChI=1S/C27H33N5O2S/c33-24(28-21-27(14-8-3-9-15-27)31-16-18-34-19-17-31)20-35-26-30-29-25(22-10-4-1-5-11-22)32(26)23-12-6-2-7-13-23/h1-2,4-7,10-13H,3,8-9,14-21H2,(H,28,33). The molecule has 0 radical (unpaired) electrons. The summed E-state index contributed by atoms with van der Waals surface area (Å²) in [5, 5.41) is 12.9. The molecule has 7 nitrogen and oxygen atoms in total. The Balaban J connectivity index is 1.28. The van der Waals surface area contributed by atoms with Crippen molar-refractivity contribution in [2.24, 2.45) is 0 Å². The molecule has 1 amide bonds. The normalized spacial score (nSPS) is 18.3. The molecule has 8 heteroatoms. The zero-order valence-corrected chi connectivity index (χ0v) is 20.9. The zero-order valence-electron chi connectivity index (χ0n) is 20.1. The number of nitrogens with one attached hydrogen (secondary N) is 1. The monoisotopic (exact) mass is 491 g/mol. The first-order valence-corrected chi connectivity index (χ1v) is 13.5. The number of rotatable bonds is 8. The maximum atomic E-state index is 13.0. The van der Waals surface area contributed by atoms with Gasteiger partial charge in [-0.25, -0.2) is 0 Å². The Hall–Kier alpha value is -2.68. The molecule has 2 aromatic carbocycles. The third kappa shape index (κ3) is 5.60. The lowest BCUT2D eigenvalue weighted by molar-refractivity contribution is -0.119. The number of thioether (sulfide) groups is 1. The lowest BCUT2D eigenvalue weighted by Gasteiger charge is -2.48. The molecular formula is C27H33N5O2S. The number of aromatic nitrogens is 3. The fourth-order valence-corrected chi connectivity index (χ4v) is 6.03. The molecule has 1 saturated carbocycles. The first-order chi connectivity index (χ1) is 17.3. The molecule has 35 heavy (non-hydrogen) atoms. The van der Waals surface area contributed by atoms with Crippen LogP contribution in [0.25, 0.3) is 17.1 Å². The molecule has 0 spiro atoms. The predicted molar refractivity (Wildman–Crippen MR) is 139 cm³/mol. The van der Waals surface area contributed by atoms with E-state index in [1.165, 1.54) is 31.0 Å². The van der Waals surface area contributed by atoms with E-state index in [9.17, 15) is 4.79 Å². The summed E-state index contributed by atoms with van der Waals surface area (Å²) in [5.41, 5.74) is 2.03. The Bertz CT molecular complexity index is 1090. The van der Waals surface area contributed by atoms with E-state index in [4.69, 9.17) is 4.74 Å². The van der Waals surface area contributed by atoms with E-state index >= 15 is 0 Å². The molecular weight excluding hydrogens is 458 g/mol. The molecule has 1 aliphatic heterocycles. The van der Waals surface area contributed by atoms with Gasteiger partial charge in [-0.3, -0.25) is 14.3 Å². The summed E-state index contributed by atoms with van der Waals surface area (Å²) in [6, 6.07) is 20.1. The third-order valence-corrected chi connectivity index (χ3v) is 8.02. The number of morpholine rings is 1. The molecule has 2 fully saturated rings. The van der Waals surface area contributed by atoms with E-state index < -0.39 is 0 Å². The van der Waals surface area contributed by atoms with E-state index in [0.29, 0.717) is 17.5 Å². The van der Waals surface area contributed by atoms with Crippen molar-refractivity contribution < 1.29 is 9.53 Å². The Morgan fingerprint density at radius 3 is 2.34 bits per heavy atom. The molecule has 2 heterocycles. The van der Waals surface area contributed by atoms with Crippen LogP contribution in [0.1, 0.15) is 32.1 Å². The van der Waals surface area contributed by atoms with Gasteiger partial charge in [0, 0.05) is 36.4 Å². The smallest absolute Gasteiger partial charge is 0.230 e. The molecule has 0 bridgehead atoms. The van der Waals surface area contributed by atoms with E-state index in [2.05, 4.69) is 20.4 Å². The molecule has 184 valence electrons. The quantitative estimate of drug-likeness (QED) is 0.477. The number of hydrogen-bond acceptors (Lipinski definition) is 6. The summed E-state index contributed by atoms with van der Waals surface area (Å²) >= 11 is 1.43. The minimum atomic E-state index is 0.0390. The maximum absolute atomic E-state index is 13.0. The molecule has 0 unspecified atom stereocenters. The number of hydrogen-bond donors (Lipinski definition) is 1. The van der Waals surface area contributed by atoms with Gasteiger partial charge in [-0.1, -0.05) is 79.6 Å². The van der Waals surface area contributed by atoms with Gasteiger partial charge in [0.2, 0.25) is 5.91 Å². The van der Waals surface area contributed by atoms with Crippen molar-refractivity contribution in [3.63, 3.8) is 0 Å². The van der Waals surface area contributed by atoms with E-state index in [-0.39, 0.29) is 11.4 Å². The van der Waals surface area contributed by atoms with Crippen LogP contribution in [0.2, 0.25) is 0 Å². The summed E-state index contributed by atoms with van der Waals surface area (Å²) in [6.45, 7) is 4.17. The Morgan fingerprint density at radius 1 is 0.943 bits per heavy atom. The van der Waals surface area contributed by atoms with Gasteiger partial charge in [-0.2, -0.15) is 0 Å². The van der Waals surface area contributed by atoms with Crippen molar-refractivity contribution in [1.29, 1.82) is 0 Å². The SMILES string of the molecule is O=C(CSc1nnc(-c2ccccc2)n1-c1ccccc1)NCC1(N2CCOCC2)CCCCC1. The average molecular weight is 492 g/mol. The lowest BCUT2D eigenvalue weighted by Crippen LogP contribution is -2.59. The van der Waals surface area contributed by atoms with Crippen molar-refractivity contribution in [3.8, 4) is 17.1 Å². The fourth-order valence-electron chi connectivity index (χ4n) is 5.24. The first-order valence-electron chi connectivity index (χ1n) is 12.5. The predicted octanol–water partition coefficient (Wildman–Crippen LogP) is 4.18. The number of benzene rings is 2. The lowest BCUT2D eigenvalue weighted by atomic mass is 9.79. The molecule has 1 aliphatic carbocycles.